The van der Waals surface area contributed by atoms with E-state index in [9.17, 15) is 0 Å². The predicted octanol–water partition coefficient (Wildman–Crippen LogP) is 3.87. The molecule has 0 bridgehead atoms. The smallest absolute Gasteiger partial charge is 0.187 e. The quantitative estimate of drug-likeness (QED) is 0.227. The summed E-state index contributed by atoms with van der Waals surface area (Å²) in [5.41, 5.74) is 0.230. The average Bonchev–Trinajstić information content (AvgIpc) is 1.90. The van der Waals surface area contributed by atoms with Crippen molar-refractivity contribution in [2.45, 2.75) is 26.7 Å². The van der Waals surface area contributed by atoms with Crippen molar-refractivity contribution in [3.8, 4) is 0 Å². The van der Waals surface area contributed by atoms with Crippen LogP contribution in [0.25, 0.3) is 0 Å². The van der Waals surface area contributed by atoms with Gasteiger partial charge in [-0.1, -0.05) is 47.8 Å². The molecule has 0 aliphatic heterocycles. The summed E-state index contributed by atoms with van der Waals surface area (Å²) in [6.07, 6.45) is 3.69. The Morgan fingerprint density at radius 1 is 1.55 bits per heavy atom. The summed E-state index contributed by atoms with van der Waals surface area (Å²) in [5, 5.41) is 0. The molecule has 0 saturated carbocycles. The minimum atomic E-state index is 0. The third-order valence-corrected chi connectivity index (χ3v) is 7.11. The fourth-order valence-electron chi connectivity index (χ4n) is 0.288. The molecule has 0 saturated heterocycles. The summed E-state index contributed by atoms with van der Waals surface area (Å²) in [4.78, 5) is 0. The van der Waals surface area contributed by atoms with Gasteiger partial charge in [-0.2, -0.15) is 15.5 Å². The van der Waals surface area contributed by atoms with Gasteiger partial charge in [0, 0.05) is 31.1 Å². The number of rotatable bonds is 3. The minimum absolute atomic E-state index is 0. The molecule has 0 fully saturated rings. The zero-order valence-electron chi connectivity index (χ0n) is 7.31. The monoisotopic (exact) mass is 526 g/mol. The second-order valence-electron chi connectivity index (χ2n) is 1.77. The average molecular weight is 526 g/mol. The summed E-state index contributed by atoms with van der Waals surface area (Å²) >= 11 is 2.49. The number of hydrogen-bond acceptors (Lipinski definition) is 0. The normalized spacial score (nSPS) is 10.3. The van der Waals surface area contributed by atoms with Crippen molar-refractivity contribution in [2.24, 2.45) is 0 Å². The van der Waals surface area contributed by atoms with Gasteiger partial charge >= 0.3 is 0 Å². The Kier molecular flexibility index (Phi) is 32.4. The number of hydrogen-bond donors (Lipinski definition) is 0. The van der Waals surface area contributed by atoms with Gasteiger partial charge in [0.15, 0.2) is 6.72 Å². The van der Waals surface area contributed by atoms with Crippen molar-refractivity contribution in [3.05, 3.63) is 6.92 Å². The fourth-order valence-corrected chi connectivity index (χ4v) is 2.76. The van der Waals surface area contributed by atoms with Crippen LogP contribution in [-0.4, -0.2) is 12.9 Å². The topological polar surface area (TPSA) is 0 Å². The van der Waals surface area contributed by atoms with E-state index < -0.39 is 0 Å². The molecule has 0 nitrogen and oxygen atoms in total. The first-order valence-electron chi connectivity index (χ1n) is 3.49. The molecule has 2 atom stereocenters. The van der Waals surface area contributed by atoms with Crippen LogP contribution in [0, 0.1) is 38.0 Å². The molecule has 0 rings (SSSR count). The van der Waals surface area contributed by atoms with Gasteiger partial charge in [-0.25, -0.2) is 0 Å². The van der Waals surface area contributed by atoms with E-state index in [0.717, 1.165) is 6.42 Å². The number of halogens is 1. The molecule has 0 aromatic heterocycles. The van der Waals surface area contributed by atoms with Crippen molar-refractivity contribution in [1.29, 1.82) is 0 Å². The molecule has 0 spiro atoms. The molecule has 2 unspecified atom stereocenters. The molecule has 1 radical (unpaired) electrons. The van der Waals surface area contributed by atoms with Crippen LogP contribution in [0.15, 0.2) is 0 Å². The minimum Gasteiger partial charge on any atom is -0.344 e. The van der Waals surface area contributed by atoms with Crippen molar-refractivity contribution in [2.75, 3.05) is 6.16 Å². The van der Waals surface area contributed by atoms with E-state index in [1.54, 1.807) is 0 Å². The van der Waals surface area contributed by atoms with Gasteiger partial charge in [-0.3, -0.25) is 0 Å². The van der Waals surface area contributed by atoms with E-state index in [1.807, 2.05) is 6.92 Å². The van der Waals surface area contributed by atoms with Crippen LogP contribution in [0.1, 0.15) is 26.7 Å². The zero-order chi connectivity index (χ0) is 8.41. The van der Waals surface area contributed by atoms with E-state index in [0.29, 0.717) is 0 Å². The summed E-state index contributed by atoms with van der Waals surface area (Å²) in [7, 11) is 2.66. The van der Waals surface area contributed by atoms with Crippen LogP contribution in [0.2, 0.25) is 0 Å². The van der Waals surface area contributed by atoms with Crippen LogP contribution in [0.4, 0.5) is 0 Å². The maximum Gasteiger partial charge on any atom is 0.187 e. The maximum absolute atomic E-state index is 3.49. The molecule has 0 amide bonds. The Bertz CT molecular complexity index is 59.8. The Morgan fingerprint density at radius 2 is 1.91 bits per heavy atom. The third-order valence-electron chi connectivity index (χ3n) is 0.599. The van der Waals surface area contributed by atoms with E-state index in [2.05, 4.69) is 51.7 Å². The molecule has 11 heavy (non-hydrogen) atoms. The standard InChI is InChI=1S/C3H9BIP2.C3H7.U/c1-2-3-7(5)4-6;1-3-2;/h2-3,6H2,1H3;1,3H2,2H3;/q;-1;. The van der Waals surface area contributed by atoms with Crippen LogP contribution in [-0.2, 0) is 0 Å². The molecule has 0 aromatic rings. The van der Waals surface area contributed by atoms with Crippen LogP contribution < -0.4 is 0 Å². The first-order chi connectivity index (χ1) is 4.72. The van der Waals surface area contributed by atoms with Gasteiger partial charge in [0.25, 0.3) is 0 Å². The van der Waals surface area contributed by atoms with Gasteiger partial charge in [0.05, 0.1) is 0 Å². The van der Waals surface area contributed by atoms with Crippen LogP contribution in [0.3, 0.4) is 0 Å². The van der Waals surface area contributed by atoms with E-state index in [1.165, 1.54) is 12.6 Å². The van der Waals surface area contributed by atoms with Crippen molar-refractivity contribution < 1.29 is 31.1 Å². The second kappa shape index (κ2) is 18.5. The van der Waals surface area contributed by atoms with Crippen molar-refractivity contribution in [3.63, 3.8) is 0 Å². The van der Waals surface area contributed by atoms with Gasteiger partial charge in [-0.05, 0) is 6.16 Å². The molecule has 65 valence electrons. The van der Waals surface area contributed by atoms with Gasteiger partial charge < -0.3 is 6.92 Å². The van der Waals surface area contributed by atoms with Crippen LogP contribution in [0.5, 0.6) is 0 Å². The SMILES string of the molecule is CCCP(I)[B]P.[CH2-]CC.[U]. The molecule has 0 N–H and O–H groups in total. The van der Waals surface area contributed by atoms with Gasteiger partial charge in [0.1, 0.15) is 0 Å². The largest absolute Gasteiger partial charge is 0.344 e. The summed E-state index contributed by atoms with van der Waals surface area (Å²) < 4.78 is 0. The molecular formula is C6H16BIP2U-. The Hall–Kier alpha value is 2.71. The van der Waals surface area contributed by atoms with E-state index in [-0.39, 0.29) is 36.6 Å². The molecule has 0 aliphatic rings. The van der Waals surface area contributed by atoms with Crippen molar-refractivity contribution >= 4 is 43.3 Å². The molecular weight excluding hydrogens is 510 g/mol. The molecule has 0 aromatic carbocycles. The Labute approximate surface area is 113 Å². The fraction of sp³-hybridized carbons (Fsp3) is 0.833. The van der Waals surface area contributed by atoms with E-state index in [4.69, 9.17) is 0 Å². The van der Waals surface area contributed by atoms with Crippen molar-refractivity contribution in [1.82, 2.24) is 0 Å². The summed E-state index contributed by atoms with van der Waals surface area (Å²) in [6.45, 7) is 9.95. The molecule has 0 heterocycles. The Morgan fingerprint density at radius 3 is 2.00 bits per heavy atom. The van der Waals surface area contributed by atoms with E-state index >= 15 is 0 Å². The summed E-state index contributed by atoms with van der Waals surface area (Å²) in [5.74, 6) is 0. The van der Waals surface area contributed by atoms with Gasteiger partial charge in [-0.15, -0.1) is 0 Å². The molecule has 0 aliphatic carbocycles. The Balaban J connectivity index is -0.000000140. The van der Waals surface area contributed by atoms with Gasteiger partial charge in [0.2, 0.25) is 0 Å². The third kappa shape index (κ3) is 24.5. The zero-order valence-corrected chi connectivity index (χ0v) is 15.7. The predicted molar refractivity (Wildman–Crippen MR) is 67.2 cm³/mol. The maximum atomic E-state index is 3.49. The first-order valence-corrected chi connectivity index (χ1v) is 8.54. The molecule has 5 heteroatoms. The second-order valence-corrected chi connectivity index (χ2v) is 7.93. The van der Waals surface area contributed by atoms with Crippen LogP contribution >= 0.6 is 36.6 Å². The summed E-state index contributed by atoms with van der Waals surface area (Å²) in [6, 6.07) is 0. The first kappa shape index (κ1) is 19.3.